The highest BCUT2D eigenvalue weighted by Crippen LogP contribution is 2.18. The second-order valence-electron chi connectivity index (χ2n) is 3.20. The Morgan fingerprint density at radius 1 is 1.57 bits per heavy atom. The molecule has 2 rings (SSSR count). The predicted octanol–water partition coefficient (Wildman–Crippen LogP) is 0.867. The van der Waals surface area contributed by atoms with Gasteiger partial charge in [-0.05, 0) is 12.8 Å². The van der Waals surface area contributed by atoms with Crippen molar-refractivity contribution in [2.24, 2.45) is 0 Å². The Morgan fingerprint density at radius 3 is 3.21 bits per heavy atom. The largest absolute Gasteiger partial charge is 0.333 e. The minimum atomic E-state index is 0.257. The maximum Gasteiger partial charge on any atom is 0.223 e. The van der Waals surface area contributed by atoms with Gasteiger partial charge in [-0.15, -0.1) is 5.10 Å². The van der Waals surface area contributed by atoms with E-state index in [2.05, 4.69) is 15.4 Å². The number of nitrogens with one attached hydrogen (secondary N) is 1. The molecule has 6 heteroatoms. The van der Waals surface area contributed by atoms with Crippen LogP contribution in [-0.2, 0) is 4.79 Å². The Morgan fingerprint density at radius 2 is 2.50 bits per heavy atom. The molecule has 2 heterocycles. The van der Waals surface area contributed by atoms with Crippen LogP contribution in [0.2, 0.25) is 0 Å². The number of hydrogen-bond acceptors (Lipinski definition) is 4. The molecule has 1 amide bonds. The third-order valence-corrected chi connectivity index (χ3v) is 3.12. The summed E-state index contributed by atoms with van der Waals surface area (Å²) in [6, 6.07) is 0. The molecule has 1 saturated heterocycles. The number of thioether (sulfide) groups is 1. The fourth-order valence-corrected chi connectivity index (χ4v) is 2.20. The first-order valence-corrected chi connectivity index (χ1v) is 5.61. The Hall–Kier alpha value is -1.04. The van der Waals surface area contributed by atoms with Crippen LogP contribution in [0.4, 0.5) is 0 Å². The van der Waals surface area contributed by atoms with Crippen molar-refractivity contribution in [2.45, 2.75) is 24.3 Å². The highest BCUT2D eigenvalue weighted by atomic mass is 32.2. The van der Waals surface area contributed by atoms with E-state index in [0.717, 1.165) is 24.4 Å². The average Bonchev–Trinajstić information content (AvgIpc) is 2.69. The summed E-state index contributed by atoms with van der Waals surface area (Å²) >= 11 is 1.54. The molecular formula is C8H12N4OS. The van der Waals surface area contributed by atoms with Crippen LogP contribution in [0.5, 0.6) is 0 Å². The van der Waals surface area contributed by atoms with Crippen LogP contribution < -0.4 is 0 Å². The molecule has 0 atom stereocenters. The van der Waals surface area contributed by atoms with Crippen LogP contribution in [0.15, 0.2) is 11.2 Å². The molecule has 1 fully saturated rings. The summed E-state index contributed by atoms with van der Waals surface area (Å²) in [5.74, 6) is 0.943. The fourth-order valence-electron chi connectivity index (χ4n) is 1.40. The number of likely N-dealkylation sites (tertiary alicyclic amines) is 1. The van der Waals surface area contributed by atoms with Crippen LogP contribution in [-0.4, -0.2) is 38.6 Å². The monoisotopic (exact) mass is 212 g/mol. The second-order valence-corrected chi connectivity index (χ2v) is 4.16. The van der Waals surface area contributed by atoms with E-state index in [1.54, 1.807) is 6.20 Å². The molecule has 0 aromatic carbocycles. The summed E-state index contributed by atoms with van der Waals surface area (Å²) < 4.78 is 0. The van der Waals surface area contributed by atoms with E-state index in [1.807, 2.05) is 4.90 Å². The van der Waals surface area contributed by atoms with E-state index in [9.17, 15) is 4.79 Å². The van der Waals surface area contributed by atoms with Crippen molar-refractivity contribution in [2.75, 3.05) is 12.4 Å². The number of amides is 1. The predicted molar refractivity (Wildman–Crippen MR) is 52.7 cm³/mol. The summed E-state index contributed by atoms with van der Waals surface area (Å²) in [5, 5.41) is 11.0. The van der Waals surface area contributed by atoms with E-state index in [-0.39, 0.29) is 5.91 Å². The number of aromatic amines is 1. The van der Waals surface area contributed by atoms with Crippen LogP contribution in [0.1, 0.15) is 19.3 Å². The SMILES string of the molecule is O=C1CCCCN1CSc1cn[nH]n1. The van der Waals surface area contributed by atoms with E-state index in [1.165, 1.54) is 11.8 Å². The van der Waals surface area contributed by atoms with Gasteiger partial charge in [0.15, 0.2) is 0 Å². The molecule has 0 unspecified atom stereocenters. The number of rotatable bonds is 3. The number of piperidine rings is 1. The molecule has 1 aromatic heterocycles. The lowest BCUT2D eigenvalue weighted by atomic mass is 10.1. The minimum absolute atomic E-state index is 0.257. The Balaban J connectivity index is 1.82. The van der Waals surface area contributed by atoms with Crippen molar-refractivity contribution in [3.05, 3.63) is 6.20 Å². The molecule has 1 N–H and O–H groups in total. The molecule has 0 radical (unpaired) electrons. The number of aromatic nitrogens is 3. The number of hydrogen-bond donors (Lipinski definition) is 1. The van der Waals surface area contributed by atoms with Gasteiger partial charge in [-0.2, -0.15) is 10.3 Å². The first-order valence-electron chi connectivity index (χ1n) is 4.62. The average molecular weight is 212 g/mol. The number of H-pyrrole nitrogens is 1. The topological polar surface area (TPSA) is 61.9 Å². The maximum absolute atomic E-state index is 11.4. The molecule has 1 aromatic rings. The van der Waals surface area contributed by atoms with E-state index in [4.69, 9.17) is 0 Å². The quantitative estimate of drug-likeness (QED) is 0.755. The molecule has 1 aliphatic heterocycles. The lowest BCUT2D eigenvalue weighted by Crippen LogP contribution is -2.34. The van der Waals surface area contributed by atoms with E-state index >= 15 is 0 Å². The highest BCUT2D eigenvalue weighted by molar-refractivity contribution is 7.99. The first-order chi connectivity index (χ1) is 6.86. The molecule has 5 nitrogen and oxygen atoms in total. The molecule has 14 heavy (non-hydrogen) atoms. The second kappa shape index (κ2) is 4.45. The molecule has 76 valence electrons. The molecule has 0 bridgehead atoms. The summed E-state index contributed by atoms with van der Waals surface area (Å²) in [4.78, 5) is 13.3. The van der Waals surface area contributed by atoms with Gasteiger partial charge >= 0.3 is 0 Å². The molecule has 0 saturated carbocycles. The zero-order valence-corrected chi connectivity index (χ0v) is 8.59. The van der Waals surface area contributed by atoms with Crippen molar-refractivity contribution >= 4 is 17.7 Å². The van der Waals surface area contributed by atoms with Crippen LogP contribution in [0.25, 0.3) is 0 Å². The summed E-state index contributed by atoms with van der Waals surface area (Å²) in [7, 11) is 0. The number of nitrogens with zero attached hydrogens (tertiary/aromatic N) is 3. The van der Waals surface area contributed by atoms with E-state index in [0.29, 0.717) is 12.3 Å². The van der Waals surface area contributed by atoms with Gasteiger partial charge in [0.2, 0.25) is 5.91 Å². The fraction of sp³-hybridized carbons (Fsp3) is 0.625. The van der Waals surface area contributed by atoms with Gasteiger partial charge in [-0.25, -0.2) is 0 Å². The Kier molecular flexibility index (Phi) is 3.03. The molecular weight excluding hydrogens is 200 g/mol. The number of carbonyl (C=O) groups is 1. The third kappa shape index (κ3) is 2.25. The Bertz CT molecular complexity index is 300. The van der Waals surface area contributed by atoms with E-state index < -0.39 is 0 Å². The third-order valence-electron chi connectivity index (χ3n) is 2.18. The lowest BCUT2D eigenvalue weighted by molar-refractivity contribution is -0.132. The van der Waals surface area contributed by atoms with Gasteiger partial charge in [-0.1, -0.05) is 11.8 Å². The van der Waals surface area contributed by atoms with Gasteiger partial charge in [0.1, 0.15) is 5.03 Å². The zero-order valence-electron chi connectivity index (χ0n) is 7.77. The van der Waals surface area contributed by atoms with Gasteiger partial charge in [0.25, 0.3) is 0 Å². The molecule has 0 spiro atoms. The van der Waals surface area contributed by atoms with Gasteiger partial charge in [-0.3, -0.25) is 4.79 Å². The Labute approximate surface area is 86.2 Å². The maximum atomic E-state index is 11.4. The smallest absolute Gasteiger partial charge is 0.223 e. The minimum Gasteiger partial charge on any atom is -0.333 e. The zero-order chi connectivity index (χ0) is 9.80. The van der Waals surface area contributed by atoms with Gasteiger partial charge in [0.05, 0.1) is 12.1 Å². The van der Waals surface area contributed by atoms with Crippen molar-refractivity contribution in [3.63, 3.8) is 0 Å². The van der Waals surface area contributed by atoms with Crippen molar-refractivity contribution in [1.82, 2.24) is 20.3 Å². The van der Waals surface area contributed by atoms with Crippen molar-refractivity contribution in [3.8, 4) is 0 Å². The van der Waals surface area contributed by atoms with Gasteiger partial charge < -0.3 is 4.90 Å². The molecule has 1 aliphatic rings. The summed E-state index contributed by atoms with van der Waals surface area (Å²) in [5.41, 5.74) is 0. The first kappa shape index (κ1) is 9.51. The van der Waals surface area contributed by atoms with Crippen LogP contribution in [0, 0.1) is 0 Å². The van der Waals surface area contributed by atoms with Crippen LogP contribution >= 0.6 is 11.8 Å². The highest BCUT2D eigenvalue weighted by Gasteiger charge is 2.17. The standard InChI is InChI=1S/C8H12N4OS/c13-8-3-1-2-4-12(8)6-14-7-5-9-11-10-7/h5H,1-4,6H2,(H,9,10,11). The number of carbonyl (C=O) groups excluding carboxylic acids is 1. The van der Waals surface area contributed by atoms with Crippen molar-refractivity contribution < 1.29 is 4.79 Å². The summed E-state index contributed by atoms with van der Waals surface area (Å²) in [6.07, 6.45) is 4.51. The normalized spacial score (nSPS) is 17.4. The van der Waals surface area contributed by atoms with Crippen LogP contribution in [0.3, 0.4) is 0 Å². The van der Waals surface area contributed by atoms with Gasteiger partial charge in [0, 0.05) is 13.0 Å². The summed E-state index contributed by atoms with van der Waals surface area (Å²) in [6.45, 7) is 0.879. The van der Waals surface area contributed by atoms with Crippen molar-refractivity contribution in [1.29, 1.82) is 0 Å². The molecule has 0 aliphatic carbocycles. The lowest BCUT2D eigenvalue weighted by Gasteiger charge is -2.25.